The van der Waals surface area contributed by atoms with Gasteiger partial charge in [-0.15, -0.1) is 0 Å². The Balaban J connectivity index is 1.51. The summed E-state index contributed by atoms with van der Waals surface area (Å²) < 4.78 is 20.1. The van der Waals surface area contributed by atoms with Gasteiger partial charge < -0.3 is 10.1 Å². The first-order valence-corrected chi connectivity index (χ1v) is 9.47. The van der Waals surface area contributed by atoms with Crippen LogP contribution >= 0.6 is 11.6 Å². The van der Waals surface area contributed by atoms with Crippen LogP contribution < -0.4 is 5.32 Å². The molecule has 0 spiro atoms. The number of nitrogens with one attached hydrogen (secondary N) is 1. The van der Waals surface area contributed by atoms with Gasteiger partial charge in [-0.05, 0) is 62.4 Å². The third-order valence-electron chi connectivity index (χ3n) is 4.34. The second-order valence-corrected chi connectivity index (χ2v) is 7.03. The van der Waals surface area contributed by atoms with E-state index in [9.17, 15) is 9.18 Å². The van der Waals surface area contributed by atoms with Gasteiger partial charge in [-0.2, -0.15) is 5.10 Å². The molecule has 1 saturated carbocycles. The van der Waals surface area contributed by atoms with Crippen LogP contribution in [0.2, 0.25) is 5.15 Å². The van der Waals surface area contributed by atoms with E-state index < -0.39 is 0 Å². The molecule has 0 bridgehead atoms. The highest BCUT2D eigenvalue weighted by Gasteiger charge is 2.20. The Bertz CT molecular complexity index is 813. The number of ether oxygens (including phenoxy) is 1. The van der Waals surface area contributed by atoms with Crippen molar-refractivity contribution in [2.24, 2.45) is 5.92 Å². The summed E-state index contributed by atoms with van der Waals surface area (Å²) in [6.07, 6.45) is 6.43. The normalized spacial score (nSPS) is 14.0. The minimum absolute atomic E-state index is 0.192. The maximum atomic E-state index is 13.1. The average molecular weight is 392 g/mol. The summed E-state index contributed by atoms with van der Waals surface area (Å²) in [5.41, 5.74) is 1.99. The Morgan fingerprint density at radius 1 is 1.41 bits per heavy atom. The predicted octanol–water partition coefficient (Wildman–Crippen LogP) is 3.92. The van der Waals surface area contributed by atoms with E-state index >= 15 is 0 Å². The molecule has 1 N–H and O–H groups in total. The minimum atomic E-state index is -0.325. The summed E-state index contributed by atoms with van der Waals surface area (Å²) in [5.74, 6) is 0.238. The SMILES string of the molecule is Cc1nn(-c2ccc(F)cc2)c(Cl)c1/C=C/C(=O)NCCCOCC1CC1. The van der Waals surface area contributed by atoms with Crippen molar-refractivity contribution < 1.29 is 13.9 Å². The van der Waals surface area contributed by atoms with Gasteiger partial charge in [0.1, 0.15) is 11.0 Å². The van der Waals surface area contributed by atoms with Crippen molar-refractivity contribution in [3.8, 4) is 5.69 Å². The maximum Gasteiger partial charge on any atom is 0.244 e. The van der Waals surface area contributed by atoms with Crippen LogP contribution in [-0.4, -0.2) is 35.4 Å². The van der Waals surface area contributed by atoms with Crippen molar-refractivity contribution in [3.05, 3.63) is 52.6 Å². The molecule has 1 heterocycles. The quantitative estimate of drug-likeness (QED) is 0.520. The predicted molar refractivity (Wildman–Crippen MR) is 103 cm³/mol. The number of carbonyl (C=O) groups excluding carboxylic acids is 1. The Morgan fingerprint density at radius 2 is 2.15 bits per heavy atom. The third-order valence-corrected chi connectivity index (χ3v) is 4.70. The molecule has 7 heteroatoms. The molecule has 5 nitrogen and oxygen atoms in total. The summed E-state index contributed by atoms with van der Waals surface area (Å²) >= 11 is 6.39. The number of aromatic nitrogens is 2. The van der Waals surface area contributed by atoms with Crippen LogP contribution in [0.5, 0.6) is 0 Å². The van der Waals surface area contributed by atoms with Gasteiger partial charge in [0.2, 0.25) is 5.91 Å². The zero-order chi connectivity index (χ0) is 19.2. The van der Waals surface area contributed by atoms with Crippen LogP contribution in [0.4, 0.5) is 4.39 Å². The van der Waals surface area contributed by atoms with Crippen LogP contribution in [-0.2, 0) is 9.53 Å². The third kappa shape index (κ3) is 5.65. The molecule has 27 heavy (non-hydrogen) atoms. The Labute approximate surface area is 163 Å². The number of amides is 1. The fourth-order valence-corrected chi connectivity index (χ4v) is 2.93. The van der Waals surface area contributed by atoms with Crippen molar-refractivity contribution in [1.82, 2.24) is 15.1 Å². The van der Waals surface area contributed by atoms with Gasteiger partial charge in [0.15, 0.2) is 0 Å². The molecule has 2 aromatic rings. The van der Waals surface area contributed by atoms with E-state index in [0.29, 0.717) is 35.2 Å². The lowest BCUT2D eigenvalue weighted by molar-refractivity contribution is -0.116. The van der Waals surface area contributed by atoms with E-state index in [-0.39, 0.29) is 11.7 Å². The standard InChI is InChI=1S/C20H23ClFN3O2/c1-14-18(20(21)25(24-14)17-7-5-16(22)6-8-17)9-10-19(26)23-11-2-12-27-13-15-3-4-15/h5-10,15H,2-4,11-13H2,1H3,(H,23,26)/b10-9+. The van der Waals surface area contributed by atoms with Gasteiger partial charge >= 0.3 is 0 Å². The molecule has 144 valence electrons. The van der Waals surface area contributed by atoms with Crippen molar-refractivity contribution in [2.75, 3.05) is 19.8 Å². The molecule has 0 radical (unpaired) electrons. The fraction of sp³-hybridized carbons (Fsp3) is 0.400. The van der Waals surface area contributed by atoms with Crippen molar-refractivity contribution in [1.29, 1.82) is 0 Å². The van der Waals surface area contributed by atoms with Crippen molar-refractivity contribution >= 4 is 23.6 Å². The lowest BCUT2D eigenvalue weighted by Crippen LogP contribution is -2.23. The number of aryl methyl sites for hydroxylation is 1. The van der Waals surface area contributed by atoms with E-state index in [2.05, 4.69) is 10.4 Å². The van der Waals surface area contributed by atoms with Crippen LogP contribution in [0, 0.1) is 18.7 Å². The van der Waals surface area contributed by atoms with Gasteiger partial charge in [0.25, 0.3) is 0 Å². The molecular weight excluding hydrogens is 369 g/mol. The highest BCUT2D eigenvalue weighted by molar-refractivity contribution is 6.31. The number of rotatable bonds is 9. The Hall–Kier alpha value is -2.18. The van der Waals surface area contributed by atoms with Gasteiger partial charge in [0, 0.05) is 31.4 Å². The topological polar surface area (TPSA) is 56.2 Å². The molecule has 3 rings (SSSR count). The zero-order valence-corrected chi connectivity index (χ0v) is 16.0. The molecule has 1 aliphatic rings. The number of benzene rings is 1. The van der Waals surface area contributed by atoms with E-state index in [1.54, 1.807) is 25.1 Å². The molecule has 1 fully saturated rings. The number of hydrogen-bond acceptors (Lipinski definition) is 3. The fourth-order valence-electron chi connectivity index (χ4n) is 2.59. The van der Waals surface area contributed by atoms with Crippen LogP contribution in [0.25, 0.3) is 11.8 Å². The Morgan fingerprint density at radius 3 is 2.85 bits per heavy atom. The lowest BCUT2D eigenvalue weighted by Gasteiger charge is -2.04. The largest absolute Gasteiger partial charge is 0.381 e. The summed E-state index contributed by atoms with van der Waals surface area (Å²) in [7, 11) is 0. The molecule has 0 saturated heterocycles. The first-order chi connectivity index (χ1) is 13.0. The highest BCUT2D eigenvalue weighted by atomic mass is 35.5. The lowest BCUT2D eigenvalue weighted by atomic mass is 10.2. The number of halogens is 2. The van der Waals surface area contributed by atoms with Gasteiger partial charge in [0.05, 0.1) is 11.4 Å². The molecule has 1 aromatic heterocycles. The van der Waals surface area contributed by atoms with Gasteiger partial charge in [-0.25, -0.2) is 9.07 Å². The minimum Gasteiger partial charge on any atom is -0.381 e. The average Bonchev–Trinajstić information content (AvgIpc) is 3.43. The smallest absolute Gasteiger partial charge is 0.244 e. The highest BCUT2D eigenvalue weighted by Crippen LogP contribution is 2.28. The molecule has 0 aliphatic heterocycles. The van der Waals surface area contributed by atoms with E-state index in [0.717, 1.165) is 18.9 Å². The van der Waals surface area contributed by atoms with Crippen molar-refractivity contribution in [3.63, 3.8) is 0 Å². The summed E-state index contributed by atoms with van der Waals surface area (Å²) in [6.45, 7) is 3.87. The summed E-state index contributed by atoms with van der Waals surface area (Å²) in [5, 5.41) is 7.56. The van der Waals surface area contributed by atoms with E-state index in [1.807, 2.05) is 0 Å². The van der Waals surface area contributed by atoms with Crippen LogP contribution in [0.3, 0.4) is 0 Å². The van der Waals surface area contributed by atoms with Gasteiger partial charge in [-0.3, -0.25) is 4.79 Å². The second-order valence-electron chi connectivity index (χ2n) is 6.67. The second kappa shape index (κ2) is 9.15. The maximum absolute atomic E-state index is 13.1. The monoisotopic (exact) mass is 391 g/mol. The first-order valence-electron chi connectivity index (χ1n) is 9.09. The molecule has 0 atom stereocenters. The van der Waals surface area contributed by atoms with Crippen LogP contribution in [0.15, 0.2) is 30.3 Å². The first kappa shape index (κ1) is 19.6. The number of carbonyl (C=O) groups is 1. The summed E-state index contributed by atoms with van der Waals surface area (Å²) in [4.78, 5) is 12.0. The van der Waals surface area contributed by atoms with Gasteiger partial charge in [-0.1, -0.05) is 11.6 Å². The number of nitrogens with zero attached hydrogens (tertiary/aromatic N) is 2. The molecular formula is C20H23ClFN3O2. The molecule has 0 unspecified atom stereocenters. The summed E-state index contributed by atoms with van der Waals surface area (Å²) in [6, 6.07) is 5.89. The molecule has 1 aliphatic carbocycles. The van der Waals surface area contributed by atoms with Crippen LogP contribution in [0.1, 0.15) is 30.5 Å². The Kier molecular flexibility index (Phi) is 6.63. The molecule has 1 aromatic carbocycles. The van der Waals surface area contributed by atoms with E-state index in [1.165, 1.54) is 35.7 Å². The molecule has 1 amide bonds. The number of hydrogen-bond donors (Lipinski definition) is 1. The van der Waals surface area contributed by atoms with E-state index in [4.69, 9.17) is 16.3 Å². The van der Waals surface area contributed by atoms with Crippen molar-refractivity contribution in [2.45, 2.75) is 26.2 Å². The zero-order valence-electron chi connectivity index (χ0n) is 15.3.